The molecular formula is C23H21N5O3S2. The molecule has 1 aliphatic rings. The monoisotopic (exact) mass is 479 g/mol. The lowest BCUT2D eigenvalue weighted by molar-refractivity contribution is -0.112. The van der Waals surface area contributed by atoms with Gasteiger partial charge in [-0.1, -0.05) is 42.0 Å². The molecule has 3 aromatic carbocycles. The van der Waals surface area contributed by atoms with Crippen LogP contribution >= 0.6 is 12.2 Å². The van der Waals surface area contributed by atoms with E-state index < -0.39 is 10.0 Å². The summed E-state index contributed by atoms with van der Waals surface area (Å²) in [4.78, 5) is 15.0. The zero-order valence-electron chi connectivity index (χ0n) is 17.7. The lowest BCUT2D eigenvalue weighted by atomic mass is 10.1. The molecule has 1 heterocycles. The molecule has 1 aliphatic heterocycles. The summed E-state index contributed by atoms with van der Waals surface area (Å²) in [6.07, 6.45) is 0. The molecular weight excluding hydrogens is 458 g/mol. The van der Waals surface area contributed by atoms with Crippen molar-refractivity contribution in [3.05, 3.63) is 89.5 Å². The predicted molar refractivity (Wildman–Crippen MR) is 132 cm³/mol. The molecule has 0 radical (unpaired) electrons. The van der Waals surface area contributed by atoms with Crippen LogP contribution < -0.4 is 20.8 Å². The minimum Gasteiger partial charge on any atom is -0.374 e. The van der Waals surface area contributed by atoms with Gasteiger partial charge in [0.2, 0.25) is 10.0 Å². The minimum atomic E-state index is -3.86. The fourth-order valence-corrected chi connectivity index (χ4v) is 4.22. The highest BCUT2D eigenvalue weighted by molar-refractivity contribution is 7.89. The molecule has 4 rings (SSSR count). The summed E-state index contributed by atoms with van der Waals surface area (Å²) < 4.78 is 23.1. The normalized spacial score (nSPS) is 14.4. The van der Waals surface area contributed by atoms with Gasteiger partial charge in [-0.15, -0.1) is 0 Å². The smallest absolute Gasteiger partial charge is 0.279 e. The second-order valence-corrected chi connectivity index (χ2v) is 9.51. The molecule has 0 aromatic heterocycles. The van der Waals surface area contributed by atoms with Gasteiger partial charge in [-0.3, -0.25) is 4.79 Å². The van der Waals surface area contributed by atoms with Crippen LogP contribution in [0.2, 0.25) is 0 Å². The topological polar surface area (TPSA) is 122 Å². The highest BCUT2D eigenvalue weighted by Crippen LogP contribution is 2.32. The molecule has 0 fully saturated rings. The fraction of sp³-hybridized carbons (Fsp3) is 0.0870. The Bertz CT molecular complexity index is 1370. The van der Waals surface area contributed by atoms with Gasteiger partial charge in [0.15, 0.2) is 10.8 Å². The van der Waals surface area contributed by atoms with Crippen molar-refractivity contribution in [1.82, 2.24) is 0 Å². The lowest BCUT2D eigenvalue weighted by Crippen LogP contribution is -2.35. The zero-order valence-corrected chi connectivity index (χ0v) is 19.3. The molecule has 4 N–H and O–H groups in total. The number of sulfonamides is 1. The minimum absolute atomic E-state index is 0.0613. The summed E-state index contributed by atoms with van der Waals surface area (Å²) in [5.41, 5.74) is 9.83. The predicted octanol–water partition coefficient (Wildman–Crippen LogP) is 2.64. The Morgan fingerprint density at radius 2 is 1.73 bits per heavy atom. The van der Waals surface area contributed by atoms with E-state index in [1.54, 1.807) is 4.90 Å². The molecule has 0 bridgehead atoms. The molecule has 0 aliphatic carbocycles. The number of nitrogens with zero attached hydrogens (tertiary/aromatic N) is 3. The summed E-state index contributed by atoms with van der Waals surface area (Å²) in [6, 6.07) is 21.0. The molecule has 10 heteroatoms. The second kappa shape index (κ2) is 8.74. The van der Waals surface area contributed by atoms with Crippen molar-refractivity contribution in [2.75, 3.05) is 9.91 Å². The number of anilines is 2. The van der Waals surface area contributed by atoms with Gasteiger partial charge in [-0.2, -0.15) is 5.10 Å². The van der Waals surface area contributed by atoms with Crippen molar-refractivity contribution in [1.29, 1.82) is 0 Å². The van der Waals surface area contributed by atoms with Crippen LogP contribution in [0, 0.1) is 6.92 Å². The van der Waals surface area contributed by atoms with Gasteiger partial charge in [0.25, 0.3) is 5.91 Å². The maximum atomic E-state index is 13.4. The number of hydrazone groups is 1. The highest BCUT2D eigenvalue weighted by atomic mass is 32.2. The number of nitrogens with two attached hydrogens (primary N) is 2. The molecule has 8 nitrogen and oxygen atoms in total. The number of rotatable bonds is 5. The van der Waals surface area contributed by atoms with Gasteiger partial charge < -0.3 is 10.6 Å². The molecule has 33 heavy (non-hydrogen) atoms. The molecule has 3 aromatic rings. The Kier molecular flexibility index (Phi) is 5.98. The van der Waals surface area contributed by atoms with E-state index in [1.165, 1.54) is 29.3 Å². The van der Waals surface area contributed by atoms with Crippen molar-refractivity contribution in [2.24, 2.45) is 16.0 Å². The van der Waals surface area contributed by atoms with E-state index in [9.17, 15) is 13.2 Å². The van der Waals surface area contributed by atoms with Crippen LogP contribution in [0.3, 0.4) is 0 Å². The van der Waals surface area contributed by atoms with Gasteiger partial charge in [-0.25, -0.2) is 18.6 Å². The van der Waals surface area contributed by atoms with Gasteiger partial charge in [0, 0.05) is 5.56 Å². The standard InChI is InChI=1S/C23H21N5O3S2/c1-15-7-12-20-19(13-15)21(22(29)27(20)14-16-5-3-2-4-6-16)26-28(23(24)32)17-8-10-18(11-9-17)33(25,30)31/h2-13H,14H2,1H3,(H2,24,32)(H2,25,30,31)/b26-21-. The Hall–Kier alpha value is -3.60. The number of aryl methyl sites for hydroxylation is 1. The van der Waals surface area contributed by atoms with E-state index >= 15 is 0 Å². The van der Waals surface area contributed by atoms with Crippen molar-refractivity contribution < 1.29 is 13.2 Å². The molecule has 1 amide bonds. The van der Waals surface area contributed by atoms with E-state index in [4.69, 9.17) is 23.1 Å². The first-order valence-electron chi connectivity index (χ1n) is 9.93. The summed E-state index contributed by atoms with van der Waals surface area (Å²) in [5, 5.41) is 10.8. The van der Waals surface area contributed by atoms with E-state index in [1.807, 2.05) is 55.5 Å². The summed E-state index contributed by atoms with van der Waals surface area (Å²) in [6.45, 7) is 2.31. The van der Waals surface area contributed by atoms with Crippen LogP contribution in [0.4, 0.5) is 11.4 Å². The Morgan fingerprint density at radius 3 is 2.33 bits per heavy atom. The largest absolute Gasteiger partial charge is 0.374 e. The number of carbonyl (C=O) groups is 1. The van der Waals surface area contributed by atoms with Crippen LogP contribution in [0.25, 0.3) is 0 Å². The van der Waals surface area contributed by atoms with E-state index in [-0.39, 0.29) is 21.6 Å². The van der Waals surface area contributed by atoms with Crippen molar-refractivity contribution >= 4 is 50.3 Å². The number of primary sulfonamides is 1. The van der Waals surface area contributed by atoms with Crippen LogP contribution in [0.1, 0.15) is 16.7 Å². The third-order valence-electron chi connectivity index (χ3n) is 5.15. The molecule has 0 saturated heterocycles. The summed E-state index contributed by atoms with van der Waals surface area (Å²) in [5.74, 6) is -0.290. The van der Waals surface area contributed by atoms with Crippen LogP contribution in [-0.2, 0) is 21.4 Å². The summed E-state index contributed by atoms with van der Waals surface area (Å²) in [7, 11) is -3.86. The number of benzene rings is 3. The molecule has 0 spiro atoms. The first-order valence-corrected chi connectivity index (χ1v) is 11.9. The summed E-state index contributed by atoms with van der Waals surface area (Å²) >= 11 is 5.17. The van der Waals surface area contributed by atoms with Gasteiger partial charge >= 0.3 is 0 Å². The number of hydrogen-bond donors (Lipinski definition) is 2. The maximum absolute atomic E-state index is 13.4. The first-order chi connectivity index (χ1) is 15.6. The average Bonchev–Trinajstić information content (AvgIpc) is 3.02. The van der Waals surface area contributed by atoms with Gasteiger partial charge in [-0.05, 0) is 61.1 Å². The van der Waals surface area contributed by atoms with Crippen LogP contribution in [0.15, 0.2) is 82.8 Å². The van der Waals surface area contributed by atoms with Crippen molar-refractivity contribution in [3.63, 3.8) is 0 Å². The fourth-order valence-electron chi connectivity index (χ4n) is 3.56. The van der Waals surface area contributed by atoms with E-state index in [0.717, 1.165) is 16.8 Å². The van der Waals surface area contributed by atoms with Crippen molar-refractivity contribution in [3.8, 4) is 0 Å². The maximum Gasteiger partial charge on any atom is 0.279 e. The first kappa shape index (κ1) is 22.6. The third-order valence-corrected chi connectivity index (χ3v) is 6.25. The number of amides is 1. The van der Waals surface area contributed by atoms with Crippen LogP contribution in [0.5, 0.6) is 0 Å². The van der Waals surface area contributed by atoms with Gasteiger partial charge in [0.1, 0.15) is 0 Å². The highest BCUT2D eigenvalue weighted by Gasteiger charge is 2.35. The molecule has 0 atom stereocenters. The number of thiocarbonyl (C=S) groups is 1. The number of fused-ring (bicyclic) bond motifs is 1. The molecule has 0 unspecified atom stereocenters. The van der Waals surface area contributed by atoms with Crippen LogP contribution in [-0.4, -0.2) is 25.1 Å². The molecule has 168 valence electrons. The number of hydrogen-bond acceptors (Lipinski definition) is 5. The van der Waals surface area contributed by atoms with E-state index in [2.05, 4.69) is 5.10 Å². The number of carbonyl (C=O) groups excluding carboxylic acids is 1. The zero-order chi connectivity index (χ0) is 23.8. The SMILES string of the molecule is Cc1ccc2c(c1)/C(=N/N(C(N)=S)c1ccc(S(N)(=O)=O)cc1)C(=O)N2Cc1ccccc1. The van der Waals surface area contributed by atoms with Crippen molar-refractivity contribution in [2.45, 2.75) is 18.4 Å². The van der Waals surface area contributed by atoms with Gasteiger partial charge in [0.05, 0.1) is 22.8 Å². The third kappa shape index (κ3) is 4.63. The Labute approximate surface area is 197 Å². The van der Waals surface area contributed by atoms with E-state index in [0.29, 0.717) is 17.8 Å². The Balaban J connectivity index is 1.77. The Morgan fingerprint density at radius 1 is 1.06 bits per heavy atom. The quantitative estimate of drug-likeness (QED) is 0.429. The molecule has 0 saturated carbocycles. The average molecular weight is 480 g/mol. The second-order valence-electron chi connectivity index (χ2n) is 7.54. The lowest BCUT2D eigenvalue weighted by Gasteiger charge is -2.19.